The van der Waals surface area contributed by atoms with Crippen LogP contribution in [0.4, 0.5) is 5.69 Å². The number of nitriles is 1. The second-order valence-corrected chi connectivity index (χ2v) is 6.26. The van der Waals surface area contributed by atoms with Crippen molar-refractivity contribution < 1.29 is 14.3 Å². The molecule has 1 amide bonds. The van der Waals surface area contributed by atoms with Gasteiger partial charge in [-0.05, 0) is 30.9 Å². The van der Waals surface area contributed by atoms with Crippen molar-refractivity contribution in [1.29, 1.82) is 5.26 Å². The van der Waals surface area contributed by atoms with Crippen molar-refractivity contribution in [2.75, 3.05) is 11.9 Å². The van der Waals surface area contributed by atoms with Crippen molar-refractivity contribution in [3.05, 3.63) is 29.8 Å². The summed E-state index contributed by atoms with van der Waals surface area (Å²) in [4.78, 5) is 23.5. The second kappa shape index (κ2) is 9.71. The first-order valence-corrected chi connectivity index (χ1v) is 8.63. The highest BCUT2D eigenvalue weighted by atomic mass is 16.5. The largest absolute Gasteiger partial charge is 0.456 e. The summed E-state index contributed by atoms with van der Waals surface area (Å²) in [7, 11) is 0. The van der Waals surface area contributed by atoms with E-state index in [2.05, 4.69) is 5.32 Å². The van der Waals surface area contributed by atoms with Crippen LogP contribution < -0.4 is 5.32 Å². The molecule has 2 rings (SSSR count). The maximum absolute atomic E-state index is 11.8. The van der Waals surface area contributed by atoms with E-state index in [0.29, 0.717) is 17.7 Å². The van der Waals surface area contributed by atoms with Gasteiger partial charge in [0.05, 0.1) is 11.3 Å². The average Bonchev–Trinajstić information content (AvgIpc) is 2.61. The van der Waals surface area contributed by atoms with Crippen molar-refractivity contribution in [2.24, 2.45) is 5.92 Å². The van der Waals surface area contributed by atoms with Gasteiger partial charge in [0, 0.05) is 6.42 Å². The summed E-state index contributed by atoms with van der Waals surface area (Å²) in [5, 5.41) is 11.6. The van der Waals surface area contributed by atoms with Crippen LogP contribution in [0.3, 0.4) is 0 Å². The summed E-state index contributed by atoms with van der Waals surface area (Å²) in [6, 6.07) is 8.71. The Kier molecular flexibility index (Phi) is 7.28. The Morgan fingerprint density at radius 1 is 1.21 bits per heavy atom. The molecule has 1 fully saturated rings. The first kappa shape index (κ1) is 18.0. The molecule has 128 valence electrons. The van der Waals surface area contributed by atoms with E-state index in [1.165, 1.54) is 32.1 Å². The monoisotopic (exact) mass is 328 g/mol. The summed E-state index contributed by atoms with van der Waals surface area (Å²) in [6.07, 6.45) is 8.74. The molecule has 1 N–H and O–H groups in total. The number of esters is 1. The van der Waals surface area contributed by atoms with Crippen LogP contribution in [-0.4, -0.2) is 18.5 Å². The number of ether oxygens (including phenoxy) is 1. The van der Waals surface area contributed by atoms with Gasteiger partial charge in [0.2, 0.25) is 0 Å². The Hall–Kier alpha value is -2.35. The van der Waals surface area contributed by atoms with Gasteiger partial charge in [-0.3, -0.25) is 9.59 Å². The fourth-order valence-corrected chi connectivity index (χ4v) is 3.11. The SMILES string of the molecule is N#Cc1ccccc1NC(=O)COC(=O)CCCC1CCCCC1. The van der Waals surface area contributed by atoms with E-state index in [1.54, 1.807) is 24.3 Å². The van der Waals surface area contributed by atoms with Crippen molar-refractivity contribution in [2.45, 2.75) is 51.4 Å². The van der Waals surface area contributed by atoms with Gasteiger partial charge in [-0.1, -0.05) is 44.2 Å². The van der Waals surface area contributed by atoms with Gasteiger partial charge in [0.15, 0.2) is 6.61 Å². The lowest BCUT2D eigenvalue weighted by Gasteiger charge is -2.20. The Labute approximate surface area is 143 Å². The number of para-hydroxylation sites is 1. The molecule has 24 heavy (non-hydrogen) atoms. The maximum Gasteiger partial charge on any atom is 0.306 e. The molecule has 0 aromatic heterocycles. The summed E-state index contributed by atoms with van der Waals surface area (Å²) in [5.41, 5.74) is 0.808. The Bertz CT molecular complexity index is 601. The predicted octanol–water partition coefficient (Wildman–Crippen LogP) is 3.79. The zero-order chi connectivity index (χ0) is 17.2. The van der Waals surface area contributed by atoms with E-state index in [9.17, 15) is 9.59 Å². The van der Waals surface area contributed by atoms with Crippen LogP contribution in [0, 0.1) is 17.2 Å². The van der Waals surface area contributed by atoms with Crippen molar-refractivity contribution in [1.82, 2.24) is 0 Å². The zero-order valence-electron chi connectivity index (χ0n) is 13.9. The zero-order valence-corrected chi connectivity index (χ0v) is 13.9. The fourth-order valence-electron chi connectivity index (χ4n) is 3.11. The number of hydrogen-bond donors (Lipinski definition) is 1. The van der Waals surface area contributed by atoms with Gasteiger partial charge in [-0.15, -0.1) is 0 Å². The summed E-state index contributed by atoms with van der Waals surface area (Å²) in [5.74, 6) is -0.0230. The molecule has 0 unspecified atom stereocenters. The molecule has 0 spiro atoms. The highest BCUT2D eigenvalue weighted by Gasteiger charge is 2.14. The van der Waals surface area contributed by atoms with E-state index in [1.807, 2.05) is 6.07 Å². The molecule has 1 aliphatic rings. The quantitative estimate of drug-likeness (QED) is 0.772. The first-order chi connectivity index (χ1) is 11.7. The van der Waals surface area contributed by atoms with E-state index in [-0.39, 0.29) is 12.6 Å². The lowest BCUT2D eigenvalue weighted by Crippen LogP contribution is -2.21. The Morgan fingerprint density at radius 3 is 2.71 bits per heavy atom. The van der Waals surface area contributed by atoms with Crippen LogP contribution in [0.2, 0.25) is 0 Å². The van der Waals surface area contributed by atoms with Crippen LogP contribution in [-0.2, 0) is 14.3 Å². The average molecular weight is 328 g/mol. The molecule has 1 aliphatic carbocycles. The van der Waals surface area contributed by atoms with Crippen LogP contribution >= 0.6 is 0 Å². The second-order valence-electron chi connectivity index (χ2n) is 6.26. The molecule has 0 saturated heterocycles. The molecule has 0 atom stereocenters. The number of hydrogen-bond acceptors (Lipinski definition) is 4. The number of rotatable bonds is 7. The summed E-state index contributed by atoms with van der Waals surface area (Å²) in [6.45, 7) is -0.317. The number of anilines is 1. The molecule has 0 bridgehead atoms. The van der Waals surface area contributed by atoms with Crippen molar-refractivity contribution >= 4 is 17.6 Å². The van der Waals surface area contributed by atoms with Crippen LogP contribution in [0.1, 0.15) is 56.9 Å². The third kappa shape index (κ3) is 6.04. The molecule has 0 aliphatic heterocycles. The predicted molar refractivity (Wildman–Crippen MR) is 91.2 cm³/mol. The minimum atomic E-state index is -0.432. The highest BCUT2D eigenvalue weighted by molar-refractivity contribution is 5.93. The van der Waals surface area contributed by atoms with Gasteiger partial charge < -0.3 is 10.1 Å². The van der Waals surface area contributed by atoms with Gasteiger partial charge in [0.1, 0.15) is 6.07 Å². The smallest absolute Gasteiger partial charge is 0.306 e. The van der Waals surface area contributed by atoms with Gasteiger partial charge in [0.25, 0.3) is 5.91 Å². The fraction of sp³-hybridized carbons (Fsp3) is 0.526. The van der Waals surface area contributed by atoms with E-state index < -0.39 is 5.91 Å². The number of nitrogens with one attached hydrogen (secondary N) is 1. The van der Waals surface area contributed by atoms with Gasteiger partial charge in [-0.25, -0.2) is 0 Å². The standard InChI is InChI=1S/C19H24N2O3/c20-13-16-10-4-5-11-17(16)21-18(22)14-24-19(23)12-6-9-15-7-2-1-3-8-15/h4-5,10-11,15H,1-3,6-9,12,14H2,(H,21,22). The molecule has 0 heterocycles. The molecule has 5 nitrogen and oxygen atoms in total. The lowest BCUT2D eigenvalue weighted by molar-refractivity contribution is -0.147. The minimum absolute atomic E-state index is 0.317. The number of amides is 1. The topological polar surface area (TPSA) is 79.2 Å². The van der Waals surface area contributed by atoms with E-state index in [0.717, 1.165) is 18.8 Å². The van der Waals surface area contributed by atoms with Crippen LogP contribution in [0.15, 0.2) is 24.3 Å². The molecule has 1 saturated carbocycles. The Balaban J connectivity index is 1.64. The third-order valence-electron chi connectivity index (χ3n) is 4.40. The molecule has 1 aromatic carbocycles. The minimum Gasteiger partial charge on any atom is -0.456 e. The molecule has 5 heteroatoms. The highest BCUT2D eigenvalue weighted by Crippen LogP contribution is 2.27. The maximum atomic E-state index is 11.8. The van der Waals surface area contributed by atoms with Crippen LogP contribution in [0.25, 0.3) is 0 Å². The molecular weight excluding hydrogens is 304 g/mol. The summed E-state index contributed by atoms with van der Waals surface area (Å²) < 4.78 is 5.01. The van der Waals surface area contributed by atoms with Crippen molar-refractivity contribution in [3.63, 3.8) is 0 Å². The van der Waals surface area contributed by atoms with E-state index >= 15 is 0 Å². The molecule has 1 aromatic rings. The Morgan fingerprint density at radius 2 is 1.96 bits per heavy atom. The van der Waals surface area contributed by atoms with Crippen LogP contribution in [0.5, 0.6) is 0 Å². The van der Waals surface area contributed by atoms with Crippen molar-refractivity contribution in [3.8, 4) is 6.07 Å². The summed E-state index contributed by atoms with van der Waals surface area (Å²) >= 11 is 0. The van der Waals surface area contributed by atoms with Gasteiger partial charge >= 0.3 is 5.97 Å². The molecule has 0 radical (unpaired) electrons. The number of nitrogens with zero attached hydrogens (tertiary/aromatic N) is 1. The van der Waals surface area contributed by atoms with E-state index in [4.69, 9.17) is 10.00 Å². The van der Waals surface area contributed by atoms with Gasteiger partial charge in [-0.2, -0.15) is 5.26 Å². The number of carbonyl (C=O) groups excluding carboxylic acids is 2. The number of benzene rings is 1. The third-order valence-corrected chi connectivity index (χ3v) is 4.40. The molecular formula is C19H24N2O3. The lowest BCUT2D eigenvalue weighted by atomic mass is 9.86. The normalized spacial score (nSPS) is 14.6. The first-order valence-electron chi connectivity index (χ1n) is 8.63. The number of carbonyl (C=O) groups is 2.